The predicted molar refractivity (Wildman–Crippen MR) is 128 cm³/mol. The molecule has 8 heteroatoms. The number of nitrogens with zero attached hydrogens (tertiary/aromatic N) is 1. The molecule has 1 aliphatic rings. The van der Waals surface area contributed by atoms with Gasteiger partial charge in [0.2, 0.25) is 15.9 Å². The first kappa shape index (κ1) is 23.9. The lowest BCUT2D eigenvalue weighted by molar-refractivity contribution is -0.122. The Bertz CT molecular complexity index is 1050. The van der Waals surface area contributed by atoms with Gasteiger partial charge in [-0.1, -0.05) is 48.3 Å². The van der Waals surface area contributed by atoms with E-state index in [0.717, 1.165) is 29.0 Å². The van der Waals surface area contributed by atoms with E-state index in [9.17, 15) is 13.2 Å². The van der Waals surface area contributed by atoms with Gasteiger partial charge >= 0.3 is 0 Å². The molecule has 0 spiro atoms. The number of halogens is 2. The zero-order valence-electron chi connectivity index (χ0n) is 18.0. The van der Waals surface area contributed by atoms with E-state index in [0.29, 0.717) is 16.5 Å². The van der Waals surface area contributed by atoms with Crippen molar-refractivity contribution in [2.45, 2.75) is 58.0 Å². The second-order valence-corrected chi connectivity index (χ2v) is 10.8. The molecule has 0 saturated carbocycles. The third-order valence-corrected chi connectivity index (χ3v) is 7.37. The van der Waals surface area contributed by atoms with Crippen molar-refractivity contribution < 1.29 is 13.2 Å². The zero-order valence-corrected chi connectivity index (χ0v) is 20.3. The Labute approximate surface area is 194 Å². The number of benzene rings is 2. The smallest absolute Gasteiger partial charge is 0.244 e. The van der Waals surface area contributed by atoms with Gasteiger partial charge in [-0.15, -0.1) is 0 Å². The van der Waals surface area contributed by atoms with Crippen LogP contribution in [0.5, 0.6) is 0 Å². The summed E-state index contributed by atoms with van der Waals surface area (Å²) in [6.45, 7) is 3.56. The molecule has 0 aliphatic heterocycles. The van der Waals surface area contributed by atoms with E-state index in [4.69, 9.17) is 23.2 Å². The topological polar surface area (TPSA) is 66.5 Å². The minimum Gasteiger partial charge on any atom is -0.347 e. The largest absolute Gasteiger partial charge is 0.347 e. The fraction of sp³-hybridized carbons (Fsp3) is 0.435. The second kappa shape index (κ2) is 9.80. The molecule has 0 aromatic heterocycles. The molecule has 2 aromatic carbocycles. The molecular weight excluding hydrogens is 455 g/mol. The van der Waals surface area contributed by atoms with Gasteiger partial charge in [0.25, 0.3) is 0 Å². The highest BCUT2D eigenvalue weighted by atomic mass is 35.5. The average Bonchev–Trinajstić information content (AvgIpc) is 2.69. The summed E-state index contributed by atoms with van der Waals surface area (Å²) in [5, 5.41) is 3.62. The molecule has 2 atom stereocenters. The molecule has 0 heterocycles. The van der Waals surface area contributed by atoms with E-state index in [1.165, 1.54) is 42.2 Å². The van der Waals surface area contributed by atoms with Crippen LogP contribution in [0.15, 0.2) is 36.4 Å². The molecule has 0 bridgehead atoms. The van der Waals surface area contributed by atoms with E-state index in [1.807, 2.05) is 6.92 Å². The van der Waals surface area contributed by atoms with Crippen LogP contribution in [0.3, 0.4) is 0 Å². The molecule has 1 amide bonds. The summed E-state index contributed by atoms with van der Waals surface area (Å²) in [6.07, 6.45) is 6.31. The van der Waals surface area contributed by atoms with Gasteiger partial charge in [-0.05, 0) is 73.9 Å². The van der Waals surface area contributed by atoms with E-state index < -0.39 is 16.1 Å². The second-order valence-electron chi connectivity index (χ2n) is 8.07. The Kier molecular flexibility index (Phi) is 7.55. The minimum atomic E-state index is -3.76. The Morgan fingerprint density at radius 3 is 2.26 bits per heavy atom. The fourth-order valence-electron chi connectivity index (χ4n) is 4.16. The highest BCUT2D eigenvalue weighted by molar-refractivity contribution is 7.92. The SMILES string of the molecule is CC[C@@H](NC(=O)[C@H](C)N(c1cc(Cl)cc(Cl)c1)S(C)(=O)=O)c1ccc2c(c1)CCCC2. The number of nitrogens with one attached hydrogen (secondary N) is 1. The maximum atomic E-state index is 13.1. The molecule has 3 rings (SSSR count). The van der Waals surface area contributed by atoms with Crippen LogP contribution in [0.1, 0.15) is 55.8 Å². The Balaban J connectivity index is 1.85. The lowest BCUT2D eigenvalue weighted by Crippen LogP contribution is -2.48. The van der Waals surface area contributed by atoms with Gasteiger partial charge in [-0.25, -0.2) is 8.42 Å². The molecule has 0 unspecified atom stereocenters. The van der Waals surface area contributed by atoms with Crippen LogP contribution < -0.4 is 9.62 Å². The van der Waals surface area contributed by atoms with Gasteiger partial charge in [0.05, 0.1) is 18.0 Å². The molecule has 2 aromatic rings. The van der Waals surface area contributed by atoms with Crippen LogP contribution in [-0.2, 0) is 27.7 Å². The summed E-state index contributed by atoms with van der Waals surface area (Å²) in [4.78, 5) is 13.1. The van der Waals surface area contributed by atoms with Crippen LogP contribution in [0.2, 0.25) is 10.0 Å². The summed E-state index contributed by atoms with van der Waals surface area (Å²) in [5.74, 6) is -0.383. The van der Waals surface area contributed by atoms with Crippen LogP contribution in [0.25, 0.3) is 0 Å². The number of rotatable bonds is 7. The van der Waals surface area contributed by atoms with Gasteiger partial charge in [-0.2, -0.15) is 0 Å². The summed E-state index contributed by atoms with van der Waals surface area (Å²) >= 11 is 12.1. The van der Waals surface area contributed by atoms with Gasteiger partial charge in [-0.3, -0.25) is 9.10 Å². The van der Waals surface area contributed by atoms with Crippen LogP contribution in [0.4, 0.5) is 5.69 Å². The van der Waals surface area contributed by atoms with E-state index in [2.05, 4.69) is 23.5 Å². The van der Waals surface area contributed by atoms with E-state index >= 15 is 0 Å². The first-order valence-electron chi connectivity index (χ1n) is 10.5. The van der Waals surface area contributed by atoms with Crippen molar-refractivity contribution in [2.75, 3.05) is 10.6 Å². The number of aryl methyl sites for hydroxylation is 2. The lowest BCUT2D eigenvalue weighted by Gasteiger charge is -2.30. The molecule has 31 heavy (non-hydrogen) atoms. The highest BCUT2D eigenvalue weighted by Gasteiger charge is 2.31. The maximum absolute atomic E-state index is 13.1. The molecule has 1 aliphatic carbocycles. The first-order chi connectivity index (χ1) is 14.6. The molecule has 0 saturated heterocycles. The minimum absolute atomic E-state index is 0.202. The van der Waals surface area contributed by atoms with Crippen molar-refractivity contribution in [3.63, 3.8) is 0 Å². The van der Waals surface area contributed by atoms with Crippen molar-refractivity contribution >= 4 is 44.8 Å². The van der Waals surface area contributed by atoms with Crippen molar-refractivity contribution in [3.8, 4) is 0 Å². The number of sulfonamides is 1. The zero-order chi connectivity index (χ0) is 22.8. The van der Waals surface area contributed by atoms with Crippen LogP contribution in [-0.4, -0.2) is 26.6 Å². The lowest BCUT2D eigenvalue weighted by atomic mass is 9.88. The van der Waals surface area contributed by atoms with Crippen LogP contribution >= 0.6 is 23.2 Å². The van der Waals surface area contributed by atoms with Crippen molar-refractivity contribution in [2.24, 2.45) is 0 Å². The molecule has 0 radical (unpaired) electrons. The monoisotopic (exact) mass is 482 g/mol. The average molecular weight is 483 g/mol. The number of fused-ring (bicyclic) bond motifs is 1. The van der Waals surface area contributed by atoms with E-state index in [-0.39, 0.29) is 17.6 Å². The first-order valence-corrected chi connectivity index (χ1v) is 13.1. The summed E-state index contributed by atoms with van der Waals surface area (Å²) in [7, 11) is -3.76. The number of carbonyl (C=O) groups excluding carboxylic acids is 1. The quantitative estimate of drug-likeness (QED) is 0.582. The summed E-state index contributed by atoms with van der Waals surface area (Å²) < 4.78 is 26.1. The molecule has 0 fully saturated rings. The number of hydrogen-bond acceptors (Lipinski definition) is 3. The van der Waals surface area contributed by atoms with Gasteiger partial charge in [0.1, 0.15) is 6.04 Å². The maximum Gasteiger partial charge on any atom is 0.244 e. The summed E-state index contributed by atoms with van der Waals surface area (Å²) in [6, 6.07) is 9.70. The highest BCUT2D eigenvalue weighted by Crippen LogP contribution is 2.30. The molecular formula is C23H28Cl2N2O3S. The van der Waals surface area contributed by atoms with Crippen molar-refractivity contribution in [1.29, 1.82) is 0 Å². The van der Waals surface area contributed by atoms with E-state index in [1.54, 1.807) is 6.92 Å². The normalized spacial score (nSPS) is 15.6. The summed E-state index contributed by atoms with van der Waals surface area (Å²) in [5.41, 5.74) is 4.02. The van der Waals surface area contributed by atoms with Crippen LogP contribution in [0, 0.1) is 0 Å². The third kappa shape index (κ3) is 5.73. The van der Waals surface area contributed by atoms with Crippen molar-refractivity contribution in [1.82, 2.24) is 5.32 Å². The number of carbonyl (C=O) groups is 1. The number of amides is 1. The Morgan fingerprint density at radius 2 is 1.68 bits per heavy atom. The van der Waals surface area contributed by atoms with Gasteiger partial charge in [0, 0.05) is 10.0 Å². The van der Waals surface area contributed by atoms with Gasteiger partial charge in [0.15, 0.2) is 0 Å². The van der Waals surface area contributed by atoms with Crippen molar-refractivity contribution in [3.05, 3.63) is 63.1 Å². The molecule has 168 valence electrons. The molecule has 5 nitrogen and oxygen atoms in total. The number of hydrogen-bond donors (Lipinski definition) is 1. The predicted octanol–water partition coefficient (Wildman–Crippen LogP) is 5.29. The van der Waals surface area contributed by atoms with Gasteiger partial charge < -0.3 is 5.32 Å². The molecule has 1 N–H and O–H groups in total. The fourth-order valence-corrected chi connectivity index (χ4v) is 5.83. The Hall–Kier alpha value is -1.76. The Morgan fingerprint density at radius 1 is 1.06 bits per heavy atom. The third-order valence-electron chi connectivity index (χ3n) is 5.69. The standard InChI is InChI=1S/C23H28Cl2N2O3S/c1-4-22(18-10-9-16-7-5-6-8-17(16)11-18)26-23(28)15(2)27(31(3,29)30)21-13-19(24)12-20(25)14-21/h9-15,22H,4-8H2,1-3H3,(H,26,28)/t15-,22+/m0/s1. The number of anilines is 1.